The molecule has 0 heterocycles. The van der Waals surface area contributed by atoms with E-state index in [0.717, 1.165) is 5.39 Å². The summed E-state index contributed by atoms with van der Waals surface area (Å²) in [4.78, 5) is 11.7. The average molecular weight is 352 g/mol. The predicted molar refractivity (Wildman–Crippen MR) is 99.5 cm³/mol. The maximum absolute atomic E-state index is 11.7. The largest absolute Gasteiger partial charge is 0.490 e. The minimum absolute atomic E-state index is 0.165. The van der Waals surface area contributed by atoms with Crippen molar-refractivity contribution in [2.45, 2.75) is 6.92 Å². The second kappa shape index (κ2) is 8.25. The van der Waals surface area contributed by atoms with Gasteiger partial charge in [-0.1, -0.05) is 42.5 Å². The number of fused-ring (bicyclic) bond motifs is 1. The van der Waals surface area contributed by atoms with Crippen LogP contribution in [0.1, 0.15) is 17.3 Å². The summed E-state index contributed by atoms with van der Waals surface area (Å²) >= 11 is 0. The summed E-state index contributed by atoms with van der Waals surface area (Å²) in [5, 5.41) is 11.1. The van der Waals surface area contributed by atoms with Crippen LogP contribution in [0.15, 0.2) is 60.7 Å². The van der Waals surface area contributed by atoms with E-state index >= 15 is 0 Å². The van der Waals surface area contributed by atoms with Crippen LogP contribution >= 0.6 is 0 Å². The third kappa shape index (κ3) is 3.88. The lowest BCUT2D eigenvalue weighted by atomic mass is 10.0. The Balaban J connectivity index is 1.69. The Labute approximate surface area is 151 Å². The van der Waals surface area contributed by atoms with Gasteiger partial charge in [-0.05, 0) is 35.9 Å². The smallest absolute Gasteiger partial charge is 0.340 e. The van der Waals surface area contributed by atoms with Gasteiger partial charge in [0.25, 0.3) is 0 Å². The normalized spacial score (nSPS) is 10.5. The molecule has 0 aliphatic rings. The molecule has 0 aliphatic heterocycles. The van der Waals surface area contributed by atoms with Gasteiger partial charge in [0.05, 0.1) is 6.61 Å². The molecule has 0 saturated carbocycles. The van der Waals surface area contributed by atoms with Gasteiger partial charge >= 0.3 is 5.97 Å². The number of carbonyl (C=O) groups is 1. The molecule has 1 N–H and O–H groups in total. The Hall–Kier alpha value is -3.21. The number of ether oxygens (including phenoxy) is 3. The van der Waals surface area contributed by atoms with Crippen LogP contribution in [-0.4, -0.2) is 30.9 Å². The van der Waals surface area contributed by atoms with Gasteiger partial charge in [0.2, 0.25) is 0 Å². The Morgan fingerprint density at radius 2 is 1.42 bits per heavy atom. The molecule has 3 aromatic rings. The summed E-state index contributed by atoms with van der Waals surface area (Å²) in [5.74, 6) is 0.624. The molecule has 26 heavy (non-hydrogen) atoms. The lowest BCUT2D eigenvalue weighted by Crippen LogP contribution is -2.12. The van der Waals surface area contributed by atoms with Crippen molar-refractivity contribution in [1.29, 1.82) is 0 Å². The second-order valence-corrected chi connectivity index (χ2v) is 5.54. The van der Waals surface area contributed by atoms with E-state index in [0.29, 0.717) is 29.2 Å². The number of carboxylic acid groups (broad SMARTS) is 1. The van der Waals surface area contributed by atoms with Crippen molar-refractivity contribution in [2.75, 3.05) is 19.8 Å². The van der Waals surface area contributed by atoms with Crippen molar-refractivity contribution in [3.8, 4) is 17.2 Å². The van der Waals surface area contributed by atoms with Crippen molar-refractivity contribution in [2.24, 2.45) is 0 Å². The summed E-state index contributed by atoms with van der Waals surface area (Å²) in [6.07, 6.45) is 0. The molecule has 0 radical (unpaired) electrons. The standard InChI is InChI=1S/C21H20O5/c1-2-24-17-9-5-6-10-18(17)25-13-14-26-19-12-11-15-7-3-4-8-16(15)20(19)21(22)23/h3-12H,2,13-14H2,1H3,(H,22,23). The summed E-state index contributed by atoms with van der Waals surface area (Å²) in [7, 11) is 0. The maximum Gasteiger partial charge on any atom is 0.340 e. The molecule has 5 heteroatoms. The van der Waals surface area contributed by atoms with Gasteiger partial charge < -0.3 is 19.3 Å². The zero-order valence-electron chi connectivity index (χ0n) is 14.5. The predicted octanol–water partition coefficient (Wildman–Crippen LogP) is 4.39. The summed E-state index contributed by atoms with van der Waals surface area (Å²) < 4.78 is 16.9. The highest BCUT2D eigenvalue weighted by atomic mass is 16.5. The summed E-state index contributed by atoms with van der Waals surface area (Å²) in [6.45, 7) is 2.96. The van der Waals surface area contributed by atoms with Crippen LogP contribution in [0, 0.1) is 0 Å². The number of aromatic carboxylic acids is 1. The van der Waals surface area contributed by atoms with Crippen LogP contribution < -0.4 is 14.2 Å². The number of hydrogen-bond donors (Lipinski definition) is 1. The molecule has 5 nitrogen and oxygen atoms in total. The van der Waals surface area contributed by atoms with Gasteiger partial charge in [0.1, 0.15) is 24.5 Å². The van der Waals surface area contributed by atoms with E-state index in [1.165, 1.54) is 0 Å². The van der Waals surface area contributed by atoms with Gasteiger partial charge in [-0.2, -0.15) is 0 Å². The maximum atomic E-state index is 11.7. The topological polar surface area (TPSA) is 65.0 Å². The van der Waals surface area contributed by atoms with Gasteiger partial charge in [-0.15, -0.1) is 0 Å². The molecule has 0 fully saturated rings. The molecular formula is C21H20O5. The van der Waals surface area contributed by atoms with Crippen LogP contribution in [0.2, 0.25) is 0 Å². The van der Waals surface area contributed by atoms with E-state index in [4.69, 9.17) is 14.2 Å². The highest BCUT2D eigenvalue weighted by molar-refractivity contribution is 6.06. The molecule has 0 bridgehead atoms. The third-order valence-electron chi connectivity index (χ3n) is 3.85. The quantitative estimate of drug-likeness (QED) is 0.609. The molecule has 0 aliphatic carbocycles. The van der Waals surface area contributed by atoms with Crippen LogP contribution in [0.4, 0.5) is 0 Å². The fourth-order valence-electron chi connectivity index (χ4n) is 2.74. The number of rotatable bonds is 8. The van der Waals surface area contributed by atoms with Gasteiger partial charge in [0.15, 0.2) is 11.5 Å². The summed E-state index contributed by atoms with van der Waals surface area (Å²) in [6, 6.07) is 18.3. The summed E-state index contributed by atoms with van der Waals surface area (Å²) in [5.41, 5.74) is 0.165. The van der Waals surface area contributed by atoms with Crippen molar-refractivity contribution in [3.63, 3.8) is 0 Å². The van der Waals surface area contributed by atoms with Crippen LogP contribution in [-0.2, 0) is 0 Å². The van der Waals surface area contributed by atoms with E-state index in [2.05, 4.69) is 0 Å². The Morgan fingerprint density at radius 1 is 0.808 bits per heavy atom. The van der Waals surface area contributed by atoms with E-state index < -0.39 is 5.97 Å². The molecule has 0 unspecified atom stereocenters. The minimum Gasteiger partial charge on any atom is -0.490 e. The van der Waals surface area contributed by atoms with Gasteiger partial charge in [0, 0.05) is 0 Å². The molecule has 134 valence electrons. The highest BCUT2D eigenvalue weighted by Crippen LogP contribution is 2.29. The van der Waals surface area contributed by atoms with Crippen molar-refractivity contribution in [1.82, 2.24) is 0 Å². The van der Waals surface area contributed by atoms with Gasteiger partial charge in [-0.3, -0.25) is 0 Å². The second-order valence-electron chi connectivity index (χ2n) is 5.54. The van der Waals surface area contributed by atoms with E-state index in [1.807, 2.05) is 55.5 Å². The molecule has 0 spiro atoms. The molecular weight excluding hydrogens is 332 g/mol. The first-order valence-corrected chi connectivity index (χ1v) is 8.43. The first-order chi connectivity index (χ1) is 12.7. The zero-order valence-corrected chi connectivity index (χ0v) is 14.5. The van der Waals surface area contributed by atoms with E-state index in [-0.39, 0.29) is 18.8 Å². The lowest BCUT2D eigenvalue weighted by Gasteiger charge is -2.14. The van der Waals surface area contributed by atoms with Crippen LogP contribution in [0.3, 0.4) is 0 Å². The molecule has 0 aromatic heterocycles. The van der Waals surface area contributed by atoms with Crippen LogP contribution in [0.5, 0.6) is 17.2 Å². The van der Waals surface area contributed by atoms with Crippen molar-refractivity contribution >= 4 is 16.7 Å². The number of carboxylic acids is 1. The highest BCUT2D eigenvalue weighted by Gasteiger charge is 2.15. The number of hydrogen-bond acceptors (Lipinski definition) is 4. The lowest BCUT2D eigenvalue weighted by molar-refractivity contribution is 0.0693. The first-order valence-electron chi connectivity index (χ1n) is 8.43. The Kier molecular flexibility index (Phi) is 5.59. The molecule has 3 aromatic carbocycles. The fourth-order valence-corrected chi connectivity index (χ4v) is 2.74. The average Bonchev–Trinajstić information content (AvgIpc) is 2.66. The zero-order chi connectivity index (χ0) is 18.4. The van der Waals surface area contributed by atoms with Crippen LogP contribution in [0.25, 0.3) is 10.8 Å². The van der Waals surface area contributed by atoms with Crippen molar-refractivity contribution in [3.05, 3.63) is 66.2 Å². The SMILES string of the molecule is CCOc1ccccc1OCCOc1ccc2ccccc2c1C(=O)O. The van der Waals surface area contributed by atoms with E-state index in [9.17, 15) is 9.90 Å². The fraction of sp³-hybridized carbons (Fsp3) is 0.190. The van der Waals surface area contributed by atoms with Crippen molar-refractivity contribution < 1.29 is 24.1 Å². The molecule has 0 amide bonds. The number of benzene rings is 3. The Morgan fingerprint density at radius 3 is 2.12 bits per heavy atom. The molecule has 0 saturated heterocycles. The molecule has 3 rings (SSSR count). The van der Waals surface area contributed by atoms with Gasteiger partial charge in [-0.25, -0.2) is 4.79 Å². The minimum atomic E-state index is -1.01. The third-order valence-corrected chi connectivity index (χ3v) is 3.85. The molecule has 0 atom stereocenters. The monoisotopic (exact) mass is 352 g/mol. The van der Waals surface area contributed by atoms with E-state index in [1.54, 1.807) is 12.1 Å². The Bertz CT molecular complexity index is 904. The number of para-hydroxylation sites is 2. The first kappa shape index (κ1) is 17.6.